The molecule has 1 aliphatic rings. The van der Waals surface area contributed by atoms with E-state index in [0.29, 0.717) is 17.1 Å². The second-order valence-electron chi connectivity index (χ2n) is 3.48. The Morgan fingerprint density at radius 2 is 1.57 bits per heavy atom. The Bertz CT molecular complexity index is 562. The third kappa shape index (κ3) is 5.80. The van der Waals surface area contributed by atoms with Crippen LogP contribution in [-0.4, -0.2) is 32.4 Å². The van der Waals surface area contributed by atoms with Crippen molar-refractivity contribution in [2.24, 2.45) is 4.99 Å². The molecule has 1 aliphatic carbocycles. The van der Waals surface area contributed by atoms with E-state index in [9.17, 15) is 5.11 Å². The summed E-state index contributed by atoms with van der Waals surface area (Å²) in [6.07, 6.45) is 6.65. The first-order valence-electron chi connectivity index (χ1n) is 5.06. The minimum atomic E-state index is -0.771. The zero-order valence-electron chi connectivity index (χ0n) is 10.6. The molecule has 8 heteroatoms. The molecule has 1 aromatic carbocycles. The van der Waals surface area contributed by atoms with E-state index in [4.69, 9.17) is 10.2 Å². The first-order chi connectivity index (χ1) is 8.18. The predicted octanol–water partition coefficient (Wildman–Crippen LogP) is 0.0866. The number of rotatable bonds is 1. The molecule has 0 saturated carbocycles. The maximum absolute atomic E-state index is 11.1. The molecule has 0 saturated heterocycles. The van der Waals surface area contributed by atoms with Gasteiger partial charge in [-0.1, -0.05) is 24.3 Å². The Labute approximate surface area is 131 Å². The number of allylic oxidation sites excluding steroid dienone is 5. The SMILES string of the molecule is [Ni+3].[O-]/C([OH2+])=C1\C=CC=CC1=Nc1ccccc1[OH2+].[OH-].[OH-].[OH-]. The van der Waals surface area contributed by atoms with E-state index in [0.717, 1.165) is 0 Å². The molecule has 21 heavy (non-hydrogen) atoms. The molecule has 0 unspecified atom stereocenters. The molecule has 1 aromatic rings. The van der Waals surface area contributed by atoms with Crippen molar-refractivity contribution in [1.29, 1.82) is 0 Å². The molecule has 0 amide bonds. The molecule has 7 N–H and O–H groups in total. The molecule has 7 nitrogen and oxygen atoms in total. The van der Waals surface area contributed by atoms with Crippen molar-refractivity contribution in [1.82, 2.24) is 0 Å². The van der Waals surface area contributed by atoms with Crippen LogP contribution < -0.4 is 5.11 Å². The predicted molar refractivity (Wildman–Crippen MR) is 71.3 cm³/mol. The van der Waals surface area contributed by atoms with E-state index in [1.807, 2.05) is 0 Å². The Morgan fingerprint density at radius 3 is 2.14 bits per heavy atom. The van der Waals surface area contributed by atoms with Gasteiger partial charge in [0.25, 0.3) is 5.75 Å². The van der Waals surface area contributed by atoms with Crippen molar-refractivity contribution in [3.8, 4) is 5.75 Å². The van der Waals surface area contributed by atoms with Crippen molar-refractivity contribution in [2.75, 3.05) is 0 Å². The fourth-order valence-corrected chi connectivity index (χ4v) is 1.46. The number of benzene rings is 1. The molecule has 0 heterocycles. The van der Waals surface area contributed by atoms with Gasteiger partial charge in [-0.25, -0.2) is 10.1 Å². The summed E-state index contributed by atoms with van der Waals surface area (Å²) in [5, 5.41) is 25.9. The molecule has 0 spiro atoms. The third-order valence-electron chi connectivity index (χ3n) is 2.29. The van der Waals surface area contributed by atoms with Crippen LogP contribution in [0.15, 0.2) is 65.1 Å². The minimum absolute atomic E-state index is 0. The molecule has 0 aliphatic heterocycles. The number of hydrogen-bond donors (Lipinski definition) is 0. The molecule has 2 rings (SSSR count). The number of hydrogen-bond acceptors (Lipinski definition) is 5. The molecule has 0 atom stereocenters. The van der Waals surface area contributed by atoms with Gasteiger partial charge in [-0.15, -0.1) is 0 Å². The van der Waals surface area contributed by atoms with Crippen molar-refractivity contribution < 1.29 is 48.2 Å². The van der Waals surface area contributed by atoms with E-state index in [-0.39, 0.29) is 38.5 Å². The Hall–Kier alpha value is -2.12. The zero-order chi connectivity index (χ0) is 12.3. The average Bonchev–Trinajstić information content (AvgIpc) is 2.32. The summed E-state index contributed by atoms with van der Waals surface area (Å²) >= 11 is 0. The summed E-state index contributed by atoms with van der Waals surface area (Å²) in [7, 11) is 0. The van der Waals surface area contributed by atoms with Gasteiger partial charge >= 0.3 is 22.4 Å². The molecule has 0 bridgehead atoms. The zero-order valence-corrected chi connectivity index (χ0v) is 11.6. The maximum Gasteiger partial charge on any atom is 3.00 e. The van der Waals surface area contributed by atoms with Crippen LogP contribution in [0.5, 0.6) is 5.75 Å². The van der Waals surface area contributed by atoms with Gasteiger partial charge in [0.2, 0.25) is 0 Å². The van der Waals surface area contributed by atoms with Gasteiger partial charge in [0, 0.05) is 6.07 Å². The molecular weight excluding hydrogens is 325 g/mol. The molecule has 0 fully saturated rings. The Morgan fingerprint density at radius 1 is 1.00 bits per heavy atom. The largest absolute Gasteiger partial charge is 3.00 e. The van der Waals surface area contributed by atoms with Gasteiger partial charge in [-0.2, -0.15) is 0 Å². The van der Waals surface area contributed by atoms with E-state index in [2.05, 4.69) is 4.99 Å². The second-order valence-corrected chi connectivity index (χ2v) is 3.48. The van der Waals surface area contributed by atoms with E-state index < -0.39 is 5.95 Å². The van der Waals surface area contributed by atoms with Crippen LogP contribution in [0.3, 0.4) is 0 Å². The second kappa shape index (κ2) is 10.6. The van der Waals surface area contributed by atoms with Crippen molar-refractivity contribution in [3.05, 3.63) is 60.1 Å². The van der Waals surface area contributed by atoms with Crippen molar-refractivity contribution >= 4 is 11.4 Å². The quantitative estimate of drug-likeness (QED) is 0.400. The fraction of sp³-hybridized carbons (Fsp3) is 0. The van der Waals surface area contributed by atoms with Crippen LogP contribution in [0.2, 0.25) is 0 Å². The van der Waals surface area contributed by atoms with Gasteiger partial charge < -0.3 is 26.6 Å². The van der Waals surface area contributed by atoms with Crippen LogP contribution >= 0.6 is 0 Å². The van der Waals surface area contributed by atoms with E-state index in [1.54, 1.807) is 48.6 Å². The van der Waals surface area contributed by atoms with E-state index in [1.165, 1.54) is 0 Å². The summed E-state index contributed by atoms with van der Waals surface area (Å²) in [5.74, 6) is -0.480. The first kappa shape index (κ1) is 23.9. The number of aliphatic imine (C=N–C) groups is 1. The molecule has 117 valence electrons. The fourth-order valence-electron chi connectivity index (χ4n) is 1.46. The molecule has 1 radical (unpaired) electrons. The van der Waals surface area contributed by atoms with Crippen molar-refractivity contribution in [2.45, 2.75) is 0 Å². The monoisotopic (exact) mass is 339 g/mol. The smallest absolute Gasteiger partial charge is 0.870 e. The maximum atomic E-state index is 11.1. The summed E-state index contributed by atoms with van der Waals surface area (Å²) in [6, 6.07) is 6.86. The summed E-state index contributed by atoms with van der Waals surface area (Å²) in [4.78, 5) is 4.23. The standard InChI is InChI=1S/C13H11NO3.Ni.3H2O/c15-12-8-4-3-7-11(12)14-10-6-2-1-5-9(10)13(16)17;;;;/h1-8,15-17H;;3*1H2/q;+3;;;/p-2. The van der Waals surface area contributed by atoms with Crippen LogP contribution in [0.1, 0.15) is 0 Å². The summed E-state index contributed by atoms with van der Waals surface area (Å²) in [5.41, 5.74) is 1.16. The van der Waals surface area contributed by atoms with Gasteiger partial charge in [0.1, 0.15) is 0 Å². The Kier molecular flexibility index (Phi) is 12.1. The number of nitrogens with zero attached hydrogens (tertiary/aromatic N) is 1. The normalized spacial score (nSPS) is 15.9. The van der Waals surface area contributed by atoms with Gasteiger partial charge in [-0.05, 0) is 18.2 Å². The van der Waals surface area contributed by atoms with Crippen LogP contribution in [-0.2, 0) is 16.5 Å². The summed E-state index contributed by atoms with van der Waals surface area (Å²) < 4.78 is 0. The van der Waals surface area contributed by atoms with Gasteiger partial charge in [0.05, 0.1) is 11.3 Å². The Balaban J connectivity index is -0.000000810. The van der Waals surface area contributed by atoms with Gasteiger partial charge in [-0.3, -0.25) is 0 Å². The van der Waals surface area contributed by atoms with Crippen LogP contribution in [0.25, 0.3) is 0 Å². The van der Waals surface area contributed by atoms with E-state index >= 15 is 0 Å². The van der Waals surface area contributed by atoms with Crippen molar-refractivity contribution in [3.63, 3.8) is 0 Å². The summed E-state index contributed by atoms with van der Waals surface area (Å²) in [6.45, 7) is 0. The topological polar surface area (TPSA) is 171 Å². The van der Waals surface area contributed by atoms with Crippen LogP contribution in [0.4, 0.5) is 5.69 Å². The molecule has 0 aromatic heterocycles. The van der Waals surface area contributed by atoms with Crippen LogP contribution in [0, 0.1) is 0 Å². The molecular formula is C13H15NNiO6+. The average molecular weight is 340 g/mol. The minimum Gasteiger partial charge on any atom is -0.870 e. The number of para-hydroxylation sites is 2. The first-order valence-corrected chi connectivity index (χ1v) is 5.06. The van der Waals surface area contributed by atoms with Gasteiger partial charge in [0.15, 0.2) is 5.69 Å². The third-order valence-corrected chi connectivity index (χ3v) is 2.29.